The number of hydrogen-bond acceptors (Lipinski definition) is 5. The monoisotopic (exact) mass is 373 g/mol. The first kappa shape index (κ1) is 18.9. The lowest BCUT2D eigenvalue weighted by molar-refractivity contribution is 0.0906. The van der Waals surface area contributed by atoms with E-state index in [1.54, 1.807) is 5.51 Å². The fourth-order valence-electron chi connectivity index (χ4n) is 3.19. The quantitative estimate of drug-likeness (QED) is 0.766. The van der Waals surface area contributed by atoms with E-state index in [2.05, 4.69) is 22.1 Å². The normalized spacial score (nSPS) is 15.7. The maximum atomic E-state index is 12.7. The number of hydrogen-bond donors (Lipinski definition) is 1. The van der Waals surface area contributed by atoms with Gasteiger partial charge in [0.15, 0.2) is 0 Å². The average molecular weight is 374 g/mol. The Balaban J connectivity index is 1.53. The van der Waals surface area contributed by atoms with Gasteiger partial charge < -0.3 is 15.0 Å². The zero-order valence-electron chi connectivity index (χ0n) is 15.3. The van der Waals surface area contributed by atoms with Gasteiger partial charge in [0, 0.05) is 24.5 Å². The van der Waals surface area contributed by atoms with E-state index in [1.807, 2.05) is 29.6 Å². The smallest absolute Gasteiger partial charge is 0.255 e. The number of piperidine rings is 1. The summed E-state index contributed by atoms with van der Waals surface area (Å²) in [7, 11) is 0. The topological polar surface area (TPSA) is 54.5 Å². The Morgan fingerprint density at radius 3 is 2.88 bits per heavy atom. The van der Waals surface area contributed by atoms with Gasteiger partial charge in [-0.3, -0.25) is 4.79 Å². The number of unbranched alkanes of at least 4 members (excludes halogenated alkanes) is 1. The van der Waals surface area contributed by atoms with E-state index < -0.39 is 0 Å². The van der Waals surface area contributed by atoms with Crippen LogP contribution in [0.3, 0.4) is 0 Å². The van der Waals surface area contributed by atoms with E-state index in [4.69, 9.17) is 4.74 Å². The summed E-state index contributed by atoms with van der Waals surface area (Å²) < 4.78 is 5.83. The summed E-state index contributed by atoms with van der Waals surface area (Å²) in [4.78, 5) is 19.4. The number of benzene rings is 1. The molecule has 0 bridgehead atoms. The van der Waals surface area contributed by atoms with Crippen LogP contribution >= 0.6 is 11.3 Å². The molecule has 1 aromatic carbocycles. The Labute approximate surface area is 159 Å². The van der Waals surface area contributed by atoms with Crippen molar-refractivity contribution in [1.82, 2.24) is 15.2 Å². The van der Waals surface area contributed by atoms with Crippen LogP contribution in [0.4, 0.5) is 0 Å². The summed E-state index contributed by atoms with van der Waals surface area (Å²) in [5, 5.41) is 5.14. The molecule has 1 aromatic heterocycles. The minimum atomic E-state index is -0.0501. The molecular formula is C20H27N3O2S. The van der Waals surface area contributed by atoms with Crippen molar-refractivity contribution in [3.05, 3.63) is 46.4 Å². The van der Waals surface area contributed by atoms with E-state index in [1.165, 1.54) is 30.7 Å². The lowest BCUT2D eigenvalue weighted by atomic mass is 10.0. The largest absolute Gasteiger partial charge is 0.486 e. The molecule has 2 heterocycles. The number of nitrogens with zero attached hydrogens (tertiary/aromatic N) is 2. The molecule has 6 heteroatoms. The number of rotatable bonds is 8. The SMILES string of the molecule is CCCCN1CCC(NC(=O)c2ccccc2OCc2cscn2)CC1. The van der Waals surface area contributed by atoms with Gasteiger partial charge in [-0.15, -0.1) is 11.3 Å². The van der Waals surface area contributed by atoms with Gasteiger partial charge in [0.25, 0.3) is 5.91 Å². The van der Waals surface area contributed by atoms with E-state index in [0.717, 1.165) is 31.6 Å². The van der Waals surface area contributed by atoms with Crippen LogP contribution in [0, 0.1) is 0 Å². The minimum absolute atomic E-state index is 0.0501. The second-order valence-corrected chi connectivity index (χ2v) is 7.43. The van der Waals surface area contributed by atoms with E-state index in [-0.39, 0.29) is 11.9 Å². The molecule has 1 saturated heterocycles. The van der Waals surface area contributed by atoms with E-state index in [0.29, 0.717) is 17.9 Å². The summed E-state index contributed by atoms with van der Waals surface area (Å²) in [6.45, 7) is 5.90. The molecule has 1 amide bonds. The van der Waals surface area contributed by atoms with Crippen molar-refractivity contribution in [1.29, 1.82) is 0 Å². The molecular weight excluding hydrogens is 346 g/mol. The van der Waals surface area contributed by atoms with Gasteiger partial charge >= 0.3 is 0 Å². The number of thiazole rings is 1. The molecule has 140 valence electrons. The summed E-state index contributed by atoms with van der Waals surface area (Å²) in [6.07, 6.45) is 4.50. The van der Waals surface area contributed by atoms with Crippen LogP contribution in [0.2, 0.25) is 0 Å². The second kappa shape index (κ2) is 9.69. The van der Waals surface area contributed by atoms with Crippen LogP contribution in [-0.2, 0) is 6.61 Å². The van der Waals surface area contributed by atoms with Crippen LogP contribution in [-0.4, -0.2) is 41.5 Å². The maximum Gasteiger partial charge on any atom is 0.255 e. The summed E-state index contributed by atoms with van der Waals surface area (Å²) in [5.41, 5.74) is 3.25. The molecule has 3 rings (SSSR count). The third kappa shape index (κ3) is 5.29. The molecule has 0 aliphatic carbocycles. The lowest BCUT2D eigenvalue weighted by Gasteiger charge is -2.32. The first-order valence-corrected chi connectivity index (χ1v) is 10.3. The molecule has 0 atom stereocenters. The number of ether oxygens (including phenoxy) is 1. The van der Waals surface area contributed by atoms with Crippen LogP contribution in [0.1, 0.15) is 48.7 Å². The fraction of sp³-hybridized carbons (Fsp3) is 0.500. The molecule has 1 aliphatic rings. The number of carbonyl (C=O) groups is 1. The number of amides is 1. The molecule has 1 fully saturated rings. The highest BCUT2D eigenvalue weighted by atomic mass is 32.1. The molecule has 5 nitrogen and oxygen atoms in total. The van der Waals surface area contributed by atoms with Crippen molar-refractivity contribution in [3.63, 3.8) is 0 Å². The lowest BCUT2D eigenvalue weighted by Crippen LogP contribution is -2.44. The molecule has 26 heavy (non-hydrogen) atoms. The number of nitrogens with one attached hydrogen (secondary N) is 1. The summed E-state index contributed by atoms with van der Waals surface area (Å²) in [6, 6.07) is 7.67. The van der Waals surface area contributed by atoms with E-state index in [9.17, 15) is 4.79 Å². The average Bonchev–Trinajstić information content (AvgIpc) is 3.19. The van der Waals surface area contributed by atoms with Gasteiger partial charge in [-0.05, 0) is 37.9 Å². The molecule has 0 saturated carbocycles. The van der Waals surface area contributed by atoms with Crippen LogP contribution in [0.15, 0.2) is 35.2 Å². The van der Waals surface area contributed by atoms with E-state index >= 15 is 0 Å². The summed E-state index contributed by atoms with van der Waals surface area (Å²) in [5.74, 6) is 0.560. The molecule has 0 spiro atoms. The number of likely N-dealkylation sites (tertiary alicyclic amines) is 1. The van der Waals surface area contributed by atoms with Gasteiger partial charge in [0.2, 0.25) is 0 Å². The molecule has 1 N–H and O–H groups in total. The molecule has 0 unspecified atom stereocenters. The number of carbonyl (C=O) groups excluding carboxylic acids is 1. The third-order valence-electron chi connectivity index (χ3n) is 4.74. The zero-order valence-corrected chi connectivity index (χ0v) is 16.1. The van der Waals surface area contributed by atoms with Gasteiger partial charge in [0.05, 0.1) is 16.8 Å². The third-order valence-corrected chi connectivity index (χ3v) is 5.38. The van der Waals surface area contributed by atoms with Gasteiger partial charge in [-0.25, -0.2) is 4.98 Å². The highest BCUT2D eigenvalue weighted by molar-refractivity contribution is 7.07. The Morgan fingerprint density at radius 2 is 2.15 bits per heavy atom. The number of aromatic nitrogens is 1. The van der Waals surface area contributed by atoms with Crippen molar-refractivity contribution < 1.29 is 9.53 Å². The van der Waals surface area contributed by atoms with Gasteiger partial charge in [-0.1, -0.05) is 25.5 Å². The molecule has 0 radical (unpaired) electrons. The highest BCUT2D eigenvalue weighted by Gasteiger charge is 2.22. The van der Waals surface area contributed by atoms with Gasteiger partial charge in [-0.2, -0.15) is 0 Å². The predicted molar refractivity (Wildman–Crippen MR) is 105 cm³/mol. The minimum Gasteiger partial charge on any atom is -0.486 e. The van der Waals surface area contributed by atoms with Crippen molar-refractivity contribution in [3.8, 4) is 5.75 Å². The Bertz CT molecular complexity index is 682. The van der Waals surface area contributed by atoms with Crippen molar-refractivity contribution in [2.75, 3.05) is 19.6 Å². The predicted octanol–water partition coefficient (Wildman–Crippen LogP) is 3.72. The standard InChI is InChI=1S/C20H27N3O2S/c1-2-3-10-23-11-8-16(9-12-23)22-20(24)18-6-4-5-7-19(18)25-13-17-14-26-15-21-17/h4-7,14-16H,2-3,8-13H2,1H3,(H,22,24). The number of para-hydroxylation sites is 1. The van der Waals surface area contributed by atoms with Gasteiger partial charge in [0.1, 0.15) is 12.4 Å². The van der Waals surface area contributed by atoms with Crippen LogP contribution in [0.25, 0.3) is 0 Å². The Hall–Kier alpha value is -1.92. The molecule has 2 aromatic rings. The first-order valence-electron chi connectivity index (χ1n) is 9.38. The summed E-state index contributed by atoms with van der Waals surface area (Å²) >= 11 is 1.54. The fourth-order valence-corrected chi connectivity index (χ4v) is 3.73. The Morgan fingerprint density at radius 1 is 1.35 bits per heavy atom. The molecule has 1 aliphatic heterocycles. The Kier molecular flexibility index (Phi) is 7.03. The maximum absolute atomic E-state index is 12.7. The second-order valence-electron chi connectivity index (χ2n) is 6.71. The zero-order chi connectivity index (χ0) is 18.2. The highest BCUT2D eigenvalue weighted by Crippen LogP contribution is 2.20. The van der Waals surface area contributed by atoms with Crippen LogP contribution in [0.5, 0.6) is 5.75 Å². The van der Waals surface area contributed by atoms with Crippen molar-refractivity contribution >= 4 is 17.2 Å². The van der Waals surface area contributed by atoms with Crippen LogP contribution < -0.4 is 10.1 Å². The first-order chi connectivity index (χ1) is 12.8. The van der Waals surface area contributed by atoms with Crippen molar-refractivity contribution in [2.45, 2.75) is 45.3 Å². The van der Waals surface area contributed by atoms with Crippen molar-refractivity contribution in [2.24, 2.45) is 0 Å².